The Labute approximate surface area is 129 Å². The van der Waals surface area contributed by atoms with Crippen LogP contribution in [-0.2, 0) is 9.16 Å². The van der Waals surface area contributed by atoms with Crippen molar-refractivity contribution in [3.05, 3.63) is 0 Å². The fourth-order valence-corrected chi connectivity index (χ4v) is 3.58. The van der Waals surface area contributed by atoms with Crippen LogP contribution in [0.3, 0.4) is 0 Å². The minimum Gasteiger partial charge on any atom is -0.444 e. The van der Waals surface area contributed by atoms with Crippen molar-refractivity contribution in [3.63, 3.8) is 0 Å². The molecule has 1 aliphatic rings. The molecular formula is C15H31NO4Si. The van der Waals surface area contributed by atoms with Gasteiger partial charge in [0.1, 0.15) is 11.2 Å². The van der Waals surface area contributed by atoms with Crippen LogP contribution in [0.25, 0.3) is 0 Å². The molecule has 21 heavy (non-hydrogen) atoms. The number of carbonyl (C=O) groups is 1. The van der Waals surface area contributed by atoms with Crippen molar-refractivity contribution in [2.45, 2.75) is 70.9 Å². The Morgan fingerprint density at radius 3 is 2.00 bits per heavy atom. The first-order valence-electron chi connectivity index (χ1n) is 7.50. The molecule has 0 radical (unpaired) electrons. The van der Waals surface area contributed by atoms with Crippen LogP contribution >= 0.6 is 0 Å². The zero-order valence-corrected chi connectivity index (χ0v) is 15.7. The number of nitrogens with zero attached hydrogens (tertiary/aromatic N) is 1. The Bertz CT molecular complexity index is 389. The Morgan fingerprint density at radius 2 is 1.67 bits per heavy atom. The molecule has 1 saturated heterocycles. The quantitative estimate of drug-likeness (QED) is 0.813. The zero-order valence-electron chi connectivity index (χ0n) is 14.7. The fraction of sp³-hybridized carbons (Fsp3) is 0.933. The standard InChI is InChI=1S/C15H31NO4Si/c1-13(2,3)19-12(18)16-9-15(10-16,11-17)20-21(7,8)14(4,5)6/h17H,9-11H2,1-8H3. The van der Waals surface area contributed by atoms with E-state index in [0.717, 1.165) is 0 Å². The molecule has 1 fully saturated rings. The lowest BCUT2D eigenvalue weighted by Gasteiger charge is -2.53. The first kappa shape index (κ1) is 18.5. The number of aliphatic hydroxyl groups excluding tert-OH is 1. The van der Waals surface area contributed by atoms with Crippen LogP contribution in [0.1, 0.15) is 41.5 Å². The van der Waals surface area contributed by atoms with E-state index < -0.39 is 19.5 Å². The molecule has 0 bridgehead atoms. The molecule has 0 spiro atoms. The largest absolute Gasteiger partial charge is 0.444 e. The smallest absolute Gasteiger partial charge is 0.410 e. The van der Waals surface area contributed by atoms with E-state index in [4.69, 9.17) is 9.16 Å². The predicted octanol–water partition coefficient (Wildman–Crippen LogP) is 2.99. The summed E-state index contributed by atoms with van der Waals surface area (Å²) in [6.07, 6.45) is -0.342. The van der Waals surface area contributed by atoms with Gasteiger partial charge in [-0.1, -0.05) is 20.8 Å². The second kappa shape index (κ2) is 5.55. The monoisotopic (exact) mass is 317 g/mol. The van der Waals surface area contributed by atoms with Gasteiger partial charge in [-0.3, -0.25) is 0 Å². The molecule has 0 aromatic heterocycles. The maximum Gasteiger partial charge on any atom is 0.410 e. The van der Waals surface area contributed by atoms with Crippen molar-refractivity contribution in [1.29, 1.82) is 0 Å². The molecule has 124 valence electrons. The number of hydrogen-bond donors (Lipinski definition) is 1. The summed E-state index contributed by atoms with van der Waals surface area (Å²) in [6, 6.07) is 0. The molecule has 0 aliphatic carbocycles. The average Bonchev–Trinajstić information content (AvgIpc) is 2.18. The van der Waals surface area contributed by atoms with Gasteiger partial charge < -0.3 is 19.2 Å². The Hall–Kier alpha value is -0.593. The molecule has 1 heterocycles. The molecule has 1 N–H and O–H groups in total. The minimum absolute atomic E-state index is 0.0706. The van der Waals surface area contributed by atoms with Gasteiger partial charge in [-0.25, -0.2) is 4.79 Å². The predicted molar refractivity (Wildman–Crippen MR) is 85.9 cm³/mol. The first-order chi connectivity index (χ1) is 9.21. The minimum atomic E-state index is -1.98. The maximum atomic E-state index is 12.0. The van der Waals surface area contributed by atoms with Gasteiger partial charge in [0, 0.05) is 0 Å². The van der Waals surface area contributed by atoms with Crippen molar-refractivity contribution in [1.82, 2.24) is 4.90 Å². The van der Waals surface area contributed by atoms with Gasteiger partial charge in [0.25, 0.3) is 0 Å². The molecular weight excluding hydrogens is 286 g/mol. The van der Waals surface area contributed by atoms with Crippen LogP contribution in [0.4, 0.5) is 4.79 Å². The summed E-state index contributed by atoms with van der Waals surface area (Å²) in [6.45, 7) is 17.0. The van der Waals surface area contributed by atoms with Crippen molar-refractivity contribution in [2.24, 2.45) is 0 Å². The molecule has 0 aromatic carbocycles. The number of carbonyl (C=O) groups excluding carboxylic acids is 1. The lowest BCUT2D eigenvalue weighted by molar-refractivity contribution is -0.113. The van der Waals surface area contributed by atoms with Gasteiger partial charge in [-0.15, -0.1) is 0 Å². The van der Waals surface area contributed by atoms with Gasteiger partial charge in [0.15, 0.2) is 8.32 Å². The summed E-state index contributed by atoms with van der Waals surface area (Å²) < 4.78 is 11.7. The van der Waals surface area contributed by atoms with E-state index in [1.54, 1.807) is 4.90 Å². The Balaban J connectivity index is 2.67. The van der Waals surface area contributed by atoms with Crippen LogP contribution < -0.4 is 0 Å². The summed E-state index contributed by atoms with van der Waals surface area (Å²) in [4.78, 5) is 13.6. The van der Waals surface area contributed by atoms with Crippen molar-refractivity contribution < 1.29 is 19.1 Å². The highest BCUT2D eigenvalue weighted by Crippen LogP contribution is 2.41. The van der Waals surface area contributed by atoms with Crippen LogP contribution in [-0.4, -0.2) is 55.3 Å². The summed E-state index contributed by atoms with van der Waals surface area (Å²) in [5.74, 6) is 0. The lowest BCUT2D eigenvalue weighted by atomic mass is 9.96. The van der Waals surface area contributed by atoms with Gasteiger partial charge in [-0.05, 0) is 38.9 Å². The molecule has 0 unspecified atom stereocenters. The highest BCUT2D eigenvalue weighted by atomic mass is 28.4. The SMILES string of the molecule is CC(C)(C)OC(=O)N1CC(CO)(O[Si](C)(C)C(C)(C)C)C1. The summed E-state index contributed by atoms with van der Waals surface area (Å²) in [5, 5.41) is 9.79. The van der Waals surface area contributed by atoms with E-state index in [9.17, 15) is 9.90 Å². The van der Waals surface area contributed by atoms with E-state index in [1.807, 2.05) is 20.8 Å². The molecule has 0 atom stereocenters. The summed E-state index contributed by atoms with van der Waals surface area (Å²) in [5.41, 5.74) is -1.13. The molecule has 1 rings (SSSR count). The molecule has 6 heteroatoms. The van der Waals surface area contributed by atoms with E-state index in [0.29, 0.717) is 13.1 Å². The van der Waals surface area contributed by atoms with Crippen molar-refractivity contribution in [2.75, 3.05) is 19.7 Å². The summed E-state index contributed by atoms with van der Waals surface area (Å²) >= 11 is 0. The van der Waals surface area contributed by atoms with Crippen LogP contribution in [0, 0.1) is 0 Å². The van der Waals surface area contributed by atoms with E-state index >= 15 is 0 Å². The van der Waals surface area contributed by atoms with E-state index in [1.165, 1.54) is 0 Å². The number of amides is 1. The second-order valence-corrected chi connectivity index (χ2v) is 13.3. The fourth-order valence-electron chi connectivity index (χ4n) is 2.00. The van der Waals surface area contributed by atoms with Gasteiger partial charge in [-0.2, -0.15) is 0 Å². The van der Waals surface area contributed by atoms with Gasteiger partial charge in [0.2, 0.25) is 0 Å². The summed E-state index contributed by atoms with van der Waals surface area (Å²) in [7, 11) is -1.98. The third-order valence-corrected chi connectivity index (χ3v) is 8.73. The highest BCUT2D eigenvalue weighted by molar-refractivity contribution is 6.74. The van der Waals surface area contributed by atoms with Gasteiger partial charge >= 0.3 is 6.09 Å². The van der Waals surface area contributed by atoms with Crippen LogP contribution in [0.2, 0.25) is 18.1 Å². The molecule has 0 aromatic rings. The number of likely N-dealkylation sites (tertiary alicyclic amines) is 1. The number of hydrogen-bond acceptors (Lipinski definition) is 4. The third kappa shape index (κ3) is 4.44. The van der Waals surface area contributed by atoms with Gasteiger partial charge in [0.05, 0.1) is 19.7 Å². The molecule has 1 amide bonds. The van der Waals surface area contributed by atoms with Crippen molar-refractivity contribution >= 4 is 14.4 Å². The van der Waals surface area contributed by atoms with Crippen LogP contribution in [0.15, 0.2) is 0 Å². The number of ether oxygens (including phenoxy) is 1. The maximum absolute atomic E-state index is 12.0. The Kier molecular flexibility index (Phi) is 4.88. The van der Waals surface area contributed by atoms with E-state index in [2.05, 4.69) is 33.9 Å². The third-order valence-electron chi connectivity index (χ3n) is 4.18. The molecule has 0 saturated carbocycles. The van der Waals surface area contributed by atoms with E-state index in [-0.39, 0.29) is 17.7 Å². The Morgan fingerprint density at radius 1 is 1.19 bits per heavy atom. The normalized spacial score (nSPS) is 19.2. The second-order valence-electron chi connectivity index (χ2n) is 8.54. The molecule has 1 aliphatic heterocycles. The lowest BCUT2D eigenvalue weighted by Crippen LogP contribution is -2.70. The van der Waals surface area contributed by atoms with Crippen LogP contribution in [0.5, 0.6) is 0 Å². The number of rotatable bonds is 3. The zero-order chi connectivity index (χ0) is 16.7. The number of aliphatic hydroxyl groups is 1. The topological polar surface area (TPSA) is 59.0 Å². The molecule has 5 nitrogen and oxygen atoms in total. The average molecular weight is 318 g/mol. The van der Waals surface area contributed by atoms with Crippen molar-refractivity contribution in [3.8, 4) is 0 Å². The first-order valence-corrected chi connectivity index (χ1v) is 10.4. The highest BCUT2D eigenvalue weighted by Gasteiger charge is 2.52.